The van der Waals surface area contributed by atoms with E-state index in [1.54, 1.807) is 0 Å². The van der Waals surface area contributed by atoms with Crippen molar-refractivity contribution in [2.45, 2.75) is 46.1 Å². The molecule has 0 aliphatic heterocycles. The fourth-order valence-corrected chi connectivity index (χ4v) is 1.48. The molecule has 0 saturated heterocycles. The summed E-state index contributed by atoms with van der Waals surface area (Å²) in [5.41, 5.74) is 7.16. The summed E-state index contributed by atoms with van der Waals surface area (Å²) in [6.07, 6.45) is 0.921. The minimum atomic E-state index is 0.0474. The second kappa shape index (κ2) is 3.97. The van der Waals surface area contributed by atoms with E-state index in [9.17, 15) is 0 Å². The van der Waals surface area contributed by atoms with Crippen LogP contribution in [0.2, 0.25) is 0 Å². The molecular formula is C11H19NO. The molecule has 1 heterocycles. The molecule has 0 bridgehead atoms. The first-order valence-electron chi connectivity index (χ1n) is 4.92. The number of hydrogen-bond acceptors (Lipinski definition) is 2. The number of aryl methyl sites for hydroxylation is 1. The predicted octanol–water partition coefficient (Wildman–Crippen LogP) is 3.12. The second-order valence-electron chi connectivity index (χ2n) is 3.83. The van der Waals surface area contributed by atoms with Gasteiger partial charge < -0.3 is 10.2 Å². The minimum Gasteiger partial charge on any atom is -0.464 e. The monoisotopic (exact) mass is 181 g/mol. The van der Waals surface area contributed by atoms with Crippen LogP contribution in [0.3, 0.4) is 0 Å². The predicted molar refractivity (Wildman–Crippen MR) is 54.8 cm³/mol. The molecule has 0 spiro atoms. The van der Waals surface area contributed by atoms with Crippen LogP contribution >= 0.6 is 0 Å². The molecule has 2 heteroatoms. The molecule has 0 aliphatic carbocycles. The van der Waals surface area contributed by atoms with E-state index in [4.69, 9.17) is 10.2 Å². The van der Waals surface area contributed by atoms with Gasteiger partial charge in [-0.25, -0.2) is 0 Å². The lowest BCUT2D eigenvalue weighted by Crippen LogP contribution is -2.06. The molecule has 0 aromatic carbocycles. The summed E-state index contributed by atoms with van der Waals surface area (Å²) < 4.78 is 5.60. The third-order valence-electron chi connectivity index (χ3n) is 2.40. The first-order chi connectivity index (χ1) is 6.06. The van der Waals surface area contributed by atoms with E-state index >= 15 is 0 Å². The zero-order valence-corrected chi connectivity index (χ0v) is 8.92. The van der Waals surface area contributed by atoms with Crippen molar-refractivity contribution in [3.63, 3.8) is 0 Å². The van der Waals surface area contributed by atoms with Gasteiger partial charge in [0, 0.05) is 0 Å². The Balaban J connectivity index is 2.95. The van der Waals surface area contributed by atoms with E-state index in [-0.39, 0.29) is 6.04 Å². The molecule has 0 unspecified atom stereocenters. The van der Waals surface area contributed by atoms with Crippen molar-refractivity contribution >= 4 is 0 Å². The van der Waals surface area contributed by atoms with Gasteiger partial charge in [0.25, 0.3) is 0 Å². The topological polar surface area (TPSA) is 39.2 Å². The van der Waals surface area contributed by atoms with Gasteiger partial charge >= 0.3 is 0 Å². The van der Waals surface area contributed by atoms with Crippen LogP contribution in [0.15, 0.2) is 10.5 Å². The Morgan fingerprint density at radius 3 is 2.46 bits per heavy atom. The Morgan fingerprint density at radius 1 is 1.46 bits per heavy atom. The van der Waals surface area contributed by atoms with E-state index in [1.807, 2.05) is 6.92 Å². The van der Waals surface area contributed by atoms with Gasteiger partial charge in [0.2, 0.25) is 0 Å². The fraction of sp³-hybridized carbons (Fsp3) is 0.636. The van der Waals surface area contributed by atoms with Crippen LogP contribution in [0.25, 0.3) is 0 Å². The van der Waals surface area contributed by atoms with Crippen molar-refractivity contribution in [3.05, 3.63) is 23.2 Å². The number of rotatable bonds is 3. The lowest BCUT2D eigenvalue weighted by Gasteiger charge is -2.02. The van der Waals surface area contributed by atoms with Gasteiger partial charge in [-0.05, 0) is 30.9 Å². The lowest BCUT2D eigenvalue weighted by atomic mass is 10.0. The Morgan fingerprint density at radius 2 is 2.08 bits per heavy atom. The first kappa shape index (κ1) is 10.3. The van der Waals surface area contributed by atoms with Gasteiger partial charge in [-0.1, -0.05) is 20.8 Å². The molecule has 1 aromatic rings. The van der Waals surface area contributed by atoms with Crippen LogP contribution in [0, 0.1) is 6.92 Å². The van der Waals surface area contributed by atoms with E-state index in [0.29, 0.717) is 5.92 Å². The summed E-state index contributed by atoms with van der Waals surface area (Å²) in [6.45, 7) is 8.40. The standard InChI is InChI=1S/C11H19NO/c1-5-10(12)11-6-9(7(2)3)8(4)13-11/h6-7,10H,5,12H2,1-4H3/t10-/m1/s1. The van der Waals surface area contributed by atoms with Crippen molar-refractivity contribution in [2.24, 2.45) is 5.73 Å². The average molecular weight is 181 g/mol. The van der Waals surface area contributed by atoms with Crippen molar-refractivity contribution < 1.29 is 4.42 Å². The van der Waals surface area contributed by atoms with E-state index in [1.165, 1.54) is 5.56 Å². The number of nitrogens with two attached hydrogens (primary N) is 1. The van der Waals surface area contributed by atoms with E-state index in [2.05, 4.69) is 26.8 Å². The molecule has 74 valence electrons. The SMILES string of the molecule is CC[C@@H](N)c1cc(C(C)C)c(C)o1. The molecule has 0 aliphatic rings. The summed E-state index contributed by atoms with van der Waals surface area (Å²) in [5.74, 6) is 2.44. The third-order valence-corrected chi connectivity index (χ3v) is 2.40. The Labute approximate surface area is 80.1 Å². The molecule has 1 atom stereocenters. The van der Waals surface area contributed by atoms with Crippen molar-refractivity contribution in [3.8, 4) is 0 Å². The van der Waals surface area contributed by atoms with Gasteiger partial charge in [-0.2, -0.15) is 0 Å². The van der Waals surface area contributed by atoms with Gasteiger partial charge in [0.15, 0.2) is 0 Å². The molecule has 2 N–H and O–H groups in total. The van der Waals surface area contributed by atoms with Crippen LogP contribution in [0.1, 0.15) is 56.2 Å². The third kappa shape index (κ3) is 2.13. The van der Waals surface area contributed by atoms with Crippen LogP contribution in [0.5, 0.6) is 0 Å². The van der Waals surface area contributed by atoms with Crippen LogP contribution in [-0.2, 0) is 0 Å². The van der Waals surface area contributed by atoms with E-state index in [0.717, 1.165) is 17.9 Å². The molecule has 1 aromatic heterocycles. The van der Waals surface area contributed by atoms with Crippen LogP contribution < -0.4 is 5.73 Å². The van der Waals surface area contributed by atoms with Gasteiger partial charge in [0.05, 0.1) is 6.04 Å². The number of furan rings is 1. The Kier molecular flexibility index (Phi) is 3.15. The summed E-state index contributed by atoms with van der Waals surface area (Å²) in [6, 6.07) is 2.14. The summed E-state index contributed by atoms with van der Waals surface area (Å²) in [7, 11) is 0. The molecule has 2 nitrogen and oxygen atoms in total. The van der Waals surface area contributed by atoms with Crippen molar-refractivity contribution in [1.82, 2.24) is 0 Å². The highest BCUT2D eigenvalue weighted by molar-refractivity contribution is 5.25. The van der Waals surface area contributed by atoms with E-state index < -0.39 is 0 Å². The average Bonchev–Trinajstić information content (AvgIpc) is 2.46. The van der Waals surface area contributed by atoms with Gasteiger partial charge in [-0.15, -0.1) is 0 Å². The quantitative estimate of drug-likeness (QED) is 0.778. The zero-order valence-electron chi connectivity index (χ0n) is 8.92. The first-order valence-corrected chi connectivity index (χ1v) is 4.92. The maximum Gasteiger partial charge on any atom is 0.121 e. The van der Waals surface area contributed by atoms with Crippen molar-refractivity contribution in [2.75, 3.05) is 0 Å². The maximum absolute atomic E-state index is 5.88. The molecule has 0 amide bonds. The molecule has 1 rings (SSSR count). The highest BCUT2D eigenvalue weighted by atomic mass is 16.3. The second-order valence-corrected chi connectivity index (χ2v) is 3.83. The zero-order chi connectivity index (χ0) is 10.0. The smallest absolute Gasteiger partial charge is 0.121 e. The van der Waals surface area contributed by atoms with Crippen LogP contribution in [0.4, 0.5) is 0 Å². The molecule has 0 radical (unpaired) electrons. The normalized spacial score (nSPS) is 13.7. The molecule has 13 heavy (non-hydrogen) atoms. The lowest BCUT2D eigenvalue weighted by molar-refractivity contribution is 0.439. The summed E-state index contributed by atoms with van der Waals surface area (Å²) in [5, 5.41) is 0. The van der Waals surface area contributed by atoms with Crippen LogP contribution in [-0.4, -0.2) is 0 Å². The largest absolute Gasteiger partial charge is 0.464 e. The molecular weight excluding hydrogens is 162 g/mol. The Hall–Kier alpha value is -0.760. The fourth-order valence-electron chi connectivity index (χ4n) is 1.48. The summed E-state index contributed by atoms with van der Waals surface area (Å²) in [4.78, 5) is 0. The van der Waals surface area contributed by atoms with Gasteiger partial charge in [0.1, 0.15) is 11.5 Å². The Bertz CT molecular complexity index is 276. The number of hydrogen-bond donors (Lipinski definition) is 1. The highest BCUT2D eigenvalue weighted by Gasteiger charge is 2.14. The molecule has 0 saturated carbocycles. The highest BCUT2D eigenvalue weighted by Crippen LogP contribution is 2.26. The van der Waals surface area contributed by atoms with Gasteiger partial charge in [-0.3, -0.25) is 0 Å². The molecule has 0 fully saturated rings. The minimum absolute atomic E-state index is 0.0474. The summed E-state index contributed by atoms with van der Waals surface area (Å²) >= 11 is 0. The van der Waals surface area contributed by atoms with Crippen molar-refractivity contribution in [1.29, 1.82) is 0 Å². The maximum atomic E-state index is 5.88.